The first-order chi connectivity index (χ1) is 11.2. The van der Waals surface area contributed by atoms with E-state index in [1.807, 2.05) is 13.0 Å². The van der Waals surface area contributed by atoms with Gasteiger partial charge < -0.3 is 10.2 Å². The summed E-state index contributed by atoms with van der Waals surface area (Å²) in [6.07, 6.45) is 0.657. The Morgan fingerprint density at radius 1 is 0.833 bits per heavy atom. The predicted octanol–water partition coefficient (Wildman–Crippen LogP) is 4.07. The fraction of sp³-hybridized carbons (Fsp3) is 0.300. The highest BCUT2D eigenvalue weighted by Crippen LogP contribution is 2.54. The van der Waals surface area contributed by atoms with Crippen molar-refractivity contribution in [3.05, 3.63) is 70.3 Å². The van der Waals surface area contributed by atoms with Crippen molar-refractivity contribution >= 4 is 11.9 Å². The lowest BCUT2D eigenvalue weighted by molar-refractivity contribution is 0.0686. The lowest BCUT2D eigenvalue weighted by atomic mass is 9.72. The SMILES string of the molecule is CC1(C)CC(C)(c2ccccc2C(=O)O)c2c(C(=O)O)cccc21. The van der Waals surface area contributed by atoms with Crippen LogP contribution in [0.15, 0.2) is 42.5 Å². The zero-order valence-electron chi connectivity index (χ0n) is 14.0. The molecule has 4 nitrogen and oxygen atoms in total. The van der Waals surface area contributed by atoms with Crippen LogP contribution in [0.3, 0.4) is 0 Å². The van der Waals surface area contributed by atoms with Crippen LogP contribution in [0.25, 0.3) is 0 Å². The Morgan fingerprint density at radius 2 is 1.38 bits per heavy atom. The molecule has 3 rings (SSSR count). The van der Waals surface area contributed by atoms with Gasteiger partial charge in [0.05, 0.1) is 11.1 Å². The Kier molecular flexibility index (Phi) is 3.52. The van der Waals surface area contributed by atoms with Gasteiger partial charge in [0.1, 0.15) is 0 Å². The third kappa shape index (κ3) is 2.21. The Bertz CT molecular complexity index is 850. The molecule has 0 bridgehead atoms. The first kappa shape index (κ1) is 16.2. The normalized spacial score (nSPS) is 21.3. The molecular formula is C20H20O4. The Hall–Kier alpha value is -2.62. The highest BCUT2D eigenvalue weighted by atomic mass is 16.4. The number of rotatable bonds is 3. The van der Waals surface area contributed by atoms with Crippen molar-refractivity contribution in [3.8, 4) is 0 Å². The zero-order valence-corrected chi connectivity index (χ0v) is 14.0. The van der Waals surface area contributed by atoms with Crippen LogP contribution in [0.2, 0.25) is 0 Å². The first-order valence-corrected chi connectivity index (χ1v) is 7.88. The van der Waals surface area contributed by atoms with E-state index in [1.54, 1.807) is 36.4 Å². The largest absolute Gasteiger partial charge is 0.478 e. The molecule has 2 N–H and O–H groups in total. The average molecular weight is 324 g/mol. The van der Waals surface area contributed by atoms with Crippen LogP contribution in [0.4, 0.5) is 0 Å². The molecular weight excluding hydrogens is 304 g/mol. The van der Waals surface area contributed by atoms with Gasteiger partial charge in [0.2, 0.25) is 0 Å². The van der Waals surface area contributed by atoms with E-state index in [0.717, 1.165) is 11.1 Å². The molecule has 24 heavy (non-hydrogen) atoms. The lowest BCUT2D eigenvalue weighted by Crippen LogP contribution is -2.27. The molecule has 0 radical (unpaired) electrons. The summed E-state index contributed by atoms with van der Waals surface area (Å²) in [5.74, 6) is -1.98. The maximum atomic E-state index is 11.8. The van der Waals surface area contributed by atoms with Crippen LogP contribution in [0, 0.1) is 0 Å². The second kappa shape index (κ2) is 5.20. The smallest absolute Gasteiger partial charge is 0.336 e. The van der Waals surface area contributed by atoms with Crippen LogP contribution in [-0.2, 0) is 10.8 Å². The predicted molar refractivity (Wildman–Crippen MR) is 90.9 cm³/mol. The molecule has 0 spiro atoms. The molecule has 4 heteroatoms. The standard InChI is InChI=1S/C20H20O4/c1-19(2)11-20(3,14-9-5-4-7-12(14)17(21)22)16-13(18(23)24)8-6-10-15(16)19/h4-10H,11H2,1-3H3,(H,21,22)(H,23,24). The molecule has 0 aromatic heterocycles. The molecule has 0 aliphatic heterocycles. The summed E-state index contributed by atoms with van der Waals surface area (Å²) >= 11 is 0. The zero-order chi connectivity index (χ0) is 17.7. The van der Waals surface area contributed by atoms with E-state index in [1.165, 1.54) is 0 Å². The monoisotopic (exact) mass is 324 g/mol. The molecule has 0 saturated carbocycles. The number of hydrogen-bond donors (Lipinski definition) is 2. The van der Waals surface area contributed by atoms with Gasteiger partial charge in [0.15, 0.2) is 0 Å². The fourth-order valence-corrected chi connectivity index (χ4v) is 4.34. The van der Waals surface area contributed by atoms with Crippen LogP contribution in [0.1, 0.15) is 64.6 Å². The Balaban J connectivity index is 2.37. The minimum atomic E-state index is -0.995. The number of carbonyl (C=O) groups is 2. The molecule has 0 heterocycles. The van der Waals surface area contributed by atoms with Crippen LogP contribution in [-0.4, -0.2) is 22.2 Å². The summed E-state index contributed by atoms with van der Waals surface area (Å²) in [6, 6.07) is 12.2. The van der Waals surface area contributed by atoms with Gasteiger partial charge in [-0.25, -0.2) is 9.59 Å². The van der Waals surface area contributed by atoms with Crippen LogP contribution < -0.4 is 0 Å². The number of aromatic carboxylic acids is 2. The summed E-state index contributed by atoms with van der Waals surface area (Å²) in [5.41, 5.74) is 1.95. The number of hydrogen-bond acceptors (Lipinski definition) is 2. The minimum Gasteiger partial charge on any atom is -0.478 e. The average Bonchev–Trinajstić information content (AvgIpc) is 2.75. The van der Waals surface area contributed by atoms with Gasteiger partial charge in [0.25, 0.3) is 0 Å². The molecule has 0 fully saturated rings. The highest BCUT2D eigenvalue weighted by Gasteiger charge is 2.48. The maximum absolute atomic E-state index is 11.8. The van der Waals surface area contributed by atoms with E-state index in [0.29, 0.717) is 12.0 Å². The Morgan fingerprint density at radius 3 is 2.00 bits per heavy atom. The lowest BCUT2D eigenvalue weighted by Gasteiger charge is -2.30. The summed E-state index contributed by atoms with van der Waals surface area (Å²) in [6.45, 7) is 6.10. The summed E-state index contributed by atoms with van der Waals surface area (Å²) in [7, 11) is 0. The molecule has 1 unspecified atom stereocenters. The molecule has 2 aromatic rings. The third-order valence-electron chi connectivity index (χ3n) is 5.12. The second-order valence-electron chi connectivity index (χ2n) is 7.28. The van der Waals surface area contributed by atoms with Crippen molar-refractivity contribution in [3.63, 3.8) is 0 Å². The number of carboxylic acid groups (broad SMARTS) is 2. The van der Waals surface area contributed by atoms with E-state index < -0.39 is 17.4 Å². The van der Waals surface area contributed by atoms with Crippen molar-refractivity contribution < 1.29 is 19.8 Å². The molecule has 0 saturated heterocycles. The van der Waals surface area contributed by atoms with Crippen LogP contribution >= 0.6 is 0 Å². The minimum absolute atomic E-state index is 0.226. The molecule has 0 amide bonds. The van der Waals surface area contributed by atoms with Crippen molar-refractivity contribution in [2.24, 2.45) is 0 Å². The molecule has 1 atom stereocenters. The summed E-state index contributed by atoms with van der Waals surface area (Å²) < 4.78 is 0. The first-order valence-electron chi connectivity index (χ1n) is 7.88. The van der Waals surface area contributed by atoms with Gasteiger partial charge in [0, 0.05) is 5.41 Å². The van der Waals surface area contributed by atoms with Gasteiger partial charge in [-0.3, -0.25) is 0 Å². The van der Waals surface area contributed by atoms with Gasteiger partial charge in [-0.15, -0.1) is 0 Å². The number of benzene rings is 2. The van der Waals surface area contributed by atoms with Crippen molar-refractivity contribution in [1.82, 2.24) is 0 Å². The third-order valence-corrected chi connectivity index (χ3v) is 5.12. The van der Waals surface area contributed by atoms with E-state index in [2.05, 4.69) is 13.8 Å². The quantitative estimate of drug-likeness (QED) is 0.892. The maximum Gasteiger partial charge on any atom is 0.336 e. The van der Waals surface area contributed by atoms with Crippen molar-refractivity contribution in [2.75, 3.05) is 0 Å². The van der Waals surface area contributed by atoms with Gasteiger partial charge >= 0.3 is 11.9 Å². The second-order valence-corrected chi connectivity index (χ2v) is 7.28. The summed E-state index contributed by atoms with van der Waals surface area (Å²) in [4.78, 5) is 23.5. The Labute approximate surface area is 140 Å². The molecule has 1 aliphatic rings. The van der Waals surface area contributed by atoms with Crippen molar-refractivity contribution in [2.45, 2.75) is 38.0 Å². The van der Waals surface area contributed by atoms with Gasteiger partial charge in [-0.05, 0) is 40.7 Å². The fourth-order valence-electron chi connectivity index (χ4n) is 4.34. The van der Waals surface area contributed by atoms with E-state index in [-0.39, 0.29) is 16.5 Å². The van der Waals surface area contributed by atoms with E-state index in [4.69, 9.17) is 0 Å². The van der Waals surface area contributed by atoms with Crippen LogP contribution in [0.5, 0.6) is 0 Å². The van der Waals surface area contributed by atoms with Gasteiger partial charge in [-0.2, -0.15) is 0 Å². The number of fused-ring (bicyclic) bond motifs is 1. The highest BCUT2D eigenvalue weighted by molar-refractivity contribution is 5.93. The van der Waals surface area contributed by atoms with E-state index in [9.17, 15) is 19.8 Å². The topological polar surface area (TPSA) is 74.6 Å². The number of carboxylic acids is 2. The molecule has 124 valence electrons. The molecule has 2 aromatic carbocycles. The van der Waals surface area contributed by atoms with E-state index >= 15 is 0 Å². The molecule has 1 aliphatic carbocycles. The van der Waals surface area contributed by atoms with Gasteiger partial charge in [-0.1, -0.05) is 51.1 Å². The van der Waals surface area contributed by atoms with Crippen molar-refractivity contribution in [1.29, 1.82) is 0 Å². The summed E-state index contributed by atoms with van der Waals surface area (Å²) in [5, 5.41) is 19.2.